The number of methoxy groups -OCH3 is 1. The van der Waals surface area contributed by atoms with Crippen molar-refractivity contribution in [2.24, 2.45) is 0 Å². The minimum atomic E-state index is -0.115. The Morgan fingerprint density at radius 3 is 2.69 bits per heavy atom. The lowest BCUT2D eigenvalue weighted by molar-refractivity contribution is -0.0191. The summed E-state index contributed by atoms with van der Waals surface area (Å²) in [7, 11) is 1.76. The van der Waals surface area contributed by atoms with Crippen LogP contribution in [-0.2, 0) is 9.47 Å². The number of nitrogens with one attached hydrogen (secondary N) is 1. The molecule has 4 heteroatoms. The van der Waals surface area contributed by atoms with Crippen molar-refractivity contribution in [3.05, 3.63) is 0 Å². The molecule has 0 spiro atoms. The molecule has 2 rings (SSSR count). The van der Waals surface area contributed by atoms with Crippen LogP contribution in [0.25, 0.3) is 0 Å². The lowest BCUT2D eigenvalue weighted by Gasteiger charge is -2.31. The van der Waals surface area contributed by atoms with Gasteiger partial charge in [-0.25, -0.2) is 0 Å². The van der Waals surface area contributed by atoms with Gasteiger partial charge >= 0.3 is 0 Å². The molecule has 2 aliphatic rings. The molecule has 16 heavy (non-hydrogen) atoms. The van der Waals surface area contributed by atoms with Crippen molar-refractivity contribution in [3.8, 4) is 0 Å². The van der Waals surface area contributed by atoms with Crippen LogP contribution in [-0.4, -0.2) is 49.7 Å². The van der Waals surface area contributed by atoms with Gasteiger partial charge in [-0.3, -0.25) is 0 Å². The number of hydrogen-bond donors (Lipinski definition) is 2. The maximum atomic E-state index is 9.43. The second-order valence-electron chi connectivity index (χ2n) is 5.08. The third-order valence-electron chi connectivity index (χ3n) is 3.91. The largest absolute Gasteiger partial charge is 0.393 e. The minimum absolute atomic E-state index is 0.0794. The first kappa shape index (κ1) is 12.3. The Morgan fingerprint density at radius 1 is 1.38 bits per heavy atom. The first-order valence-electron chi connectivity index (χ1n) is 6.28. The van der Waals surface area contributed by atoms with Crippen LogP contribution < -0.4 is 5.32 Å². The summed E-state index contributed by atoms with van der Waals surface area (Å²) in [5, 5.41) is 13.0. The number of rotatable bonds is 4. The van der Waals surface area contributed by atoms with Crippen molar-refractivity contribution in [2.75, 3.05) is 26.9 Å². The standard InChI is InChI=1S/C12H23NO3/c1-15-12(6-7-16-9-12)8-13-10-2-4-11(14)5-3-10/h10-11,13-14H,2-9H2,1H3. The van der Waals surface area contributed by atoms with E-state index in [1.807, 2.05) is 0 Å². The van der Waals surface area contributed by atoms with Crippen LogP contribution in [0.2, 0.25) is 0 Å². The summed E-state index contributed by atoms with van der Waals surface area (Å²) in [6.45, 7) is 2.37. The molecule has 0 amide bonds. The Hall–Kier alpha value is -0.160. The number of hydrogen-bond acceptors (Lipinski definition) is 4. The molecule has 4 nitrogen and oxygen atoms in total. The van der Waals surface area contributed by atoms with Crippen LogP contribution in [0.4, 0.5) is 0 Å². The van der Waals surface area contributed by atoms with E-state index in [1.165, 1.54) is 0 Å². The van der Waals surface area contributed by atoms with E-state index >= 15 is 0 Å². The molecule has 2 fully saturated rings. The molecule has 1 unspecified atom stereocenters. The fraction of sp³-hybridized carbons (Fsp3) is 1.00. The van der Waals surface area contributed by atoms with E-state index in [0.717, 1.165) is 45.3 Å². The van der Waals surface area contributed by atoms with Gasteiger partial charge in [0.25, 0.3) is 0 Å². The zero-order valence-electron chi connectivity index (χ0n) is 10.1. The minimum Gasteiger partial charge on any atom is -0.393 e. The van der Waals surface area contributed by atoms with Gasteiger partial charge in [0.15, 0.2) is 0 Å². The normalized spacial score (nSPS) is 40.1. The highest BCUT2D eigenvalue weighted by Gasteiger charge is 2.35. The van der Waals surface area contributed by atoms with Gasteiger partial charge < -0.3 is 19.9 Å². The predicted octanol–water partition coefficient (Wildman–Crippen LogP) is 0.685. The number of ether oxygens (including phenoxy) is 2. The van der Waals surface area contributed by atoms with E-state index in [4.69, 9.17) is 9.47 Å². The molecule has 0 radical (unpaired) electrons. The van der Waals surface area contributed by atoms with Crippen LogP contribution in [0.5, 0.6) is 0 Å². The predicted molar refractivity (Wildman–Crippen MR) is 61.4 cm³/mol. The second kappa shape index (κ2) is 5.45. The van der Waals surface area contributed by atoms with Crippen LogP contribution in [0.15, 0.2) is 0 Å². The monoisotopic (exact) mass is 229 g/mol. The zero-order valence-corrected chi connectivity index (χ0v) is 10.1. The lowest BCUT2D eigenvalue weighted by atomic mass is 9.92. The van der Waals surface area contributed by atoms with Gasteiger partial charge in [-0.2, -0.15) is 0 Å². The van der Waals surface area contributed by atoms with Gasteiger partial charge in [-0.1, -0.05) is 0 Å². The second-order valence-corrected chi connectivity index (χ2v) is 5.08. The van der Waals surface area contributed by atoms with Gasteiger partial charge in [-0.05, 0) is 25.7 Å². The lowest BCUT2D eigenvalue weighted by Crippen LogP contribution is -2.47. The average Bonchev–Trinajstić information content (AvgIpc) is 2.78. The number of aliphatic hydroxyl groups is 1. The summed E-state index contributed by atoms with van der Waals surface area (Å²) in [6, 6.07) is 0.538. The summed E-state index contributed by atoms with van der Waals surface area (Å²) in [5.74, 6) is 0. The van der Waals surface area contributed by atoms with E-state index in [2.05, 4.69) is 5.32 Å². The first-order valence-corrected chi connectivity index (χ1v) is 6.28. The molecular formula is C12H23NO3. The Bertz CT molecular complexity index is 208. The third kappa shape index (κ3) is 2.94. The Morgan fingerprint density at radius 2 is 2.12 bits per heavy atom. The topological polar surface area (TPSA) is 50.7 Å². The van der Waals surface area contributed by atoms with E-state index in [-0.39, 0.29) is 11.7 Å². The Labute approximate surface area is 97.3 Å². The molecule has 1 saturated heterocycles. The van der Waals surface area contributed by atoms with Crippen molar-refractivity contribution < 1.29 is 14.6 Å². The first-order chi connectivity index (χ1) is 7.74. The fourth-order valence-corrected chi connectivity index (χ4v) is 2.57. The van der Waals surface area contributed by atoms with Crippen molar-refractivity contribution in [3.63, 3.8) is 0 Å². The molecule has 94 valence electrons. The molecule has 1 aliphatic carbocycles. The van der Waals surface area contributed by atoms with Gasteiger partial charge in [0.2, 0.25) is 0 Å². The fourth-order valence-electron chi connectivity index (χ4n) is 2.57. The van der Waals surface area contributed by atoms with Crippen LogP contribution in [0.1, 0.15) is 32.1 Å². The highest BCUT2D eigenvalue weighted by molar-refractivity contribution is 4.89. The Balaban J connectivity index is 1.73. The summed E-state index contributed by atoms with van der Waals surface area (Å²) in [4.78, 5) is 0. The van der Waals surface area contributed by atoms with Crippen molar-refractivity contribution in [1.29, 1.82) is 0 Å². The third-order valence-corrected chi connectivity index (χ3v) is 3.91. The molecule has 1 atom stereocenters. The van der Waals surface area contributed by atoms with Crippen LogP contribution in [0.3, 0.4) is 0 Å². The van der Waals surface area contributed by atoms with Gasteiger partial charge in [-0.15, -0.1) is 0 Å². The van der Waals surface area contributed by atoms with Gasteiger partial charge in [0, 0.05) is 32.7 Å². The van der Waals surface area contributed by atoms with Crippen molar-refractivity contribution >= 4 is 0 Å². The van der Waals surface area contributed by atoms with Crippen LogP contribution >= 0.6 is 0 Å². The quantitative estimate of drug-likeness (QED) is 0.744. The SMILES string of the molecule is COC1(CNC2CCC(O)CC2)CCOC1. The van der Waals surface area contributed by atoms with E-state index in [0.29, 0.717) is 12.6 Å². The highest BCUT2D eigenvalue weighted by Crippen LogP contribution is 2.23. The van der Waals surface area contributed by atoms with Gasteiger partial charge in [0.1, 0.15) is 5.60 Å². The molecule has 0 aromatic heterocycles. The highest BCUT2D eigenvalue weighted by atomic mass is 16.5. The van der Waals surface area contributed by atoms with E-state index in [1.54, 1.807) is 7.11 Å². The molecule has 1 aliphatic heterocycles. The average molecular weight is 229 g/mol. The molecule has 0 aromatic carbocycles. The van der Waals surface area contributed by atoms with Gasteiger partial charge in [0.05, 0.1) is 12.7 Å². The smallest absolute Gasteiger partial charge is 0.106 e. The molecular weight excluding hydrogens is 206 g/mol. The maximum absolute atomic E-state index is 9.43. The molecule has 0 bridgehead atoms. The van der Waals surface area contributed by atoms with E-state index in [9.17, 15) is 5.11 Å². The van der Waals surface area contributed by atoms with Crippen molar-refractivity contribution in [1.82, 2.24) is 5.32 Å². The molecule has 2 N–H and O–H groups in total. The molecule has 1 heterocycles. The summed E-state index contributed by atoms with van der Waals surface area (Å²) < 4.78 is 11.0. The summed E-state index contributed by atoms with van der Waals surface area (Å²) in [6.07, 6.45) is 4.89. The van der Waals surface area contributed by atoms with E-state index < -0.39 is 0 Å². The summed E-state index contributed by atoms with van der Waals surface area (Å²) >= 11 is 0. The molecule has 1 saturated carbocycles. The van der Waals surface area contributed by atoms with Crippen molar-refractivity contribution in [2.45, 2.75) is 49.9 Å². The number of aliphatic hydroxyl groups excluding tert-OH is 1. The zero-order chi connectivity index (χ0) is 11.4. The van der Waals surface area contributed by atoms with Crippen LogP contribution in [0, 0.1) is 0 Å². The Kier molecular flexibility index (Phi) is 4.19. The maximum Gasteiger partial charge on any atom is 0.106 e. The summed E-state index contributed by atoms with van der Waals surface area (Å²) in [5.41, 5.74) is -0.115. The molecule has 0 aromatic rings.